The number of aryl methyl sites for hydroxylation is 2. The first-order valence-corrected chi connectivity index (χ1v) is 13.4. The summed E-state index contributed by atoms with van der Waals surface area (Å²) in [6, 6.07) is 16.8. The van der Waals surface area contributed by atoms with Gasteiger partial charge in [0.25, 0.3) is 10.0 Å². The van der Waals surface area contributed by atoms with Crippen LogP contribution in [0.1, 0.15) is 30.5 Å². The Kier molecular flexibility index (Phi) is 9.23. The highest BCUT2D eigenvalue weighted by atomic mass is 35.5. The number of rotatable bonds is 11. The molecule has 0 saturated carbocycles. The third-order valence-corrected chi connectivity index (χ3v) is 7.90. The van der Waals surface area contributed by atoms with Crippen molar-refractivity contribution < 1.29 is 22.7 Å². The van der Waals surface area contributed by atoms with Gasteiger partial charge in [0.05, 0.1) is 24.8 Å². The summed E-state index contributed by atoms with van der Waals surface area (Å²) in [6.45, 7) is 4.03. The van der Waals surface area contributed by atoms with Crippen molar-refractivity contribution in [3.63, 3.8) is 0 Å². The maximum atomic E-state index is 13.7. The molecule has 0 radical (unpaired) electrons. The fraction of sp³-hybridized carbons (Fsp3) is 0.296. The number of carbonyl (C=O) groups excluding carboxylic acids is 1. The molecule has 3 aromatic rings. The second-order valence-electron chi connectivity index (χ2n) is 8.09. The van der Waals surface area contributed by atoms with Gasteiger partial charge in [0.2, 0.25) is 5.91 Å². The van der Waals surface area contributed by atoms with Gasteiger partial charge in [-0.05, 0) is 65.9 Å². The third-order valence-electron chi connectivity index (χ3n) is 5.88. The number of nitrogens with one attached hydrogen (secondary N) is 1. The van der Waals surface area contributed by atoms with Gasteiger partial charge >= 0.3 is 0 Å². The highest BCUT2D eigenvalue weighted by molar-refractivity contribution is 7.92. The average Bonchev–Trinajstić information content (AvgIpc) is 2.90. The predicted octanol–water partition coefficient (Wildman–Crippen LogP) is 4.99. The molecule has 1 amide bonds. The summed E-state index contributed by atoms with van der Waals surface area (Å²) in [5, 5.41) is 3.34. The Labute approximate surface area is 218 Å². The zero-order chi connectivity index (χ0) is 26.3. The van der Waals surface area contributed by atoms with Crippen LogP contribution < -0.4 is 19.1 Å². The number of sulfonamides is 1. The van der Waals surface area contributed by atoms with E-state index in [-0.39, 0.29) is 10.6 Å². The lowest BCUT2D eigenvalue weighted by atomic mass is 10.0. The Morgan fingerprint density at radius 3 is 2.19 bits per heavy atom. The Morgan fingerprint density at radius 1 is 0.889 bits per heavy atom. The third kappa shape index (κ3) is 6.30. The minimum absolute atomic E-state index is 0.0354. The van der Waals surface area contributed by atoms with Crippen LogP contribution in [0.4, 0.5) is 5.69 Å². The second-order valence-corrected chi connectivity index (χ2v) is 10.4. The van der Waals surface area contributed by atoms with Crippen LogP contribution in [0.25, 0.3) is 0 Å². The SMILES string of the molecule is CCc1ccc(CC)c(CNC(=O)CN(c2ccc(Cl)cc2)S(=O)(=O)c2ccc(OC)c(OC)c2)c1. The smallest absolute Gasteiger partial charge is 0.264 e. The van der Waals surface area contributed by atoms with Gasteiger partial charge in [-0.1, -0.05) is 43.6 Å². The minimum Gasteiger partial charge on any atom is -0.493 e. The van der Waals surface area contributed by atoms with Crippen molar-refractivity contribution in [3.8, 4) is 11.5 Å². The summed E-state index contributed by atoms with van der Waals surface area (Å²) in [4.78, 5) is 13.0. The minimum atomic E-state index is -4.13. The molecule has 36 heavy (non-hydrogen) atoms. The summed E-state index contributed by atoms with van der Waals surface area (Å²) < 4.78 is 39.0. The average molecular weight is 531 g/mol. The molecule has 0 aliphatic carbocycles. The molecular formula is C27H31ClN2O5S. The van der Waals surface area contributed by atoms with E-state index in [9.17, 15) is 13.2 Å². The highest BCUT2D eigenvalue weighted by Crippen LogP contribution is 2.32. The van der Waals surface area contributed by atoms with Crippen molar-refractivity contribution in [1.29, 1.82) is 0 Å². The molecule has 7 nitrogen and oxygen atoms in total. The van der Waals surface area contributed by atoms with Crippen molar-refractivity contribution in [2.45, 2.75) is 38.1 Å². The summed E-state index contributed by atoms with van der Waals surface area (Å²) in [6.07, 6.45) is 1.72. The zero-order valence-electron chi connectivity index (χ0n) is 20.9. The Morgan fingerprint density at radius 2 is 1.58 bits per heavy atom. The molecule has 0 saturated heterocycles. The molecule has 0 spiro atoms. The Bertz CT molecular complexity index is 1310. The highest BCUT2D eigenvalue weighted by Gasteiger charge is 2.28. The Balaban J connectivity index is 1.91. The number of hydrogen-bond donors (Lipinski definition) is 1. The number of amides is 1. The fourth-order valence-corrected chi connectivity index (χ4v) is 5.38. The van der Waals surface area contributed by atoms with E-state index in [4.69, 9.17) is 21.1 Å². The quantitative estimate of drug-likeness (QED) is 0.377. The molecule has 9 heteroatoms. The molecule has 0 aliphatic rings. The van der Waals surface area contributed by atoms with E-state index < -0.39 is 22.5 Å². The van der Waals surface area contributed by atoms with Crippen LogP contribution >= 0.6 is 11.6 Å². The molecule has 0 aromatic heterocycles. The van der Waals surface area contributed by atoms with Gasteiger partial charge in [0, 0.05) is 17.6 Å². The predicted molar refractivity (Wildman–Crippen MR) is 143 cm³/mol. The first kappa shape index (κ1) is 27.4. The van der Waals surface area contributed by atoms with Gasteiger partial charge in [0.15, 0.2) is 11.5 Å². The van der Waals surface area contributed by atoms with Crippen molar-refractivity contribution in [3.05, 3.63) is 82.4 Å². The zero-order valence-corrected chi connectivity index (χ0v) is 22.4. The van der Waals surface area contributed by atoms with Gasteiger partial charge < -0.3 is 14.8 Å². The number of halogens is 1. The molecule has 0 unspecified atom stereocenters. The molecule has 0 bridgehead atoms. The van der Waals surface area contributed by atoms with E-state index in [1.807, 2.05) is 0 Å². The van der Waals surface area contributed by atoms with Crippen LogP contribution in [0.5, 0.6) is 11.5 Å². The van der Waals surface area contributed by atoms with E-state index in [0.717, 1.165) is 28.3 Å². The second kappa shape index (κ2) is 12.1. The molecule has 0 atom stereocenters. The van der Waals surface area contributed by atoms with Gasteiger partial charge in [-0.15, -0.1) is 0 Å². The van der Waals surface area contributed by atoms with Gasteiger partial charge in [-0.2, -0.15) is 0 Å². The molecule has 3 rings (SSSR count). The van der Waals surface area contributed by atoms with E-state index >= 15 is 0 Å². The number of nitrogens with zero attached hydrogens (tertiary/aromatic N) is 1. The maximum Gasteiger partial charge on any atom is 0.264 e. The lowest BCUT2D eigenvalue weighted by Gasteiger charge is -2.24. The maximum absolute atomic E-state index is 13.7. The van der Waals surface area contributed by atoms with Crippen molar-refractivity contribution in [2.24, 2.45) is 0 Å². The number of ether oxygens (including phenoxy) is 2. The summed E-state index contributed by atoms with van der Waals surface area (Å²) in [5.41, 5.74) is 3.65. The van der Waals surface area contributed by atoms with Crippen LogP contribution in [-0.4, -0.2) is 35.1 Å². The van der Waals surface area contributed by atoms with Crippen LogP contribution in [-0.2, 0) is 34.2 Å². The monoisotopic (exact) mass is 530 g/mol. The largest absolute Gasteiger partial charge is 0.493 e. The van der Waals surface area contributed by atoms with Crippen molar-refractivity contribution in [1.82, 2.24) is 5.32 Å². The Hall–Kier alpha value is -3.23. The summed E-state index contributed by atoms with van der Waals surface area (Å²) >= 11 is 6.02. The van der Waals surface area contributed by atoms with Gasteiger partial charge in [-0.3, -0.25) is 9.10 Å². The molecule has 0 heterocycles. The molecule has 192 valence electrons. The van der Waals surface area contributed by atoms with Crippen molar-refractivity contribution >= 4 is 33.2 Å². The number of carbonyl (C=O) groups is 1. The fourth-order valence-electron chi connectivity index (χ4n) is 3.82. The van der Waals surface area contributed by atoms with E-state index in [0.29, 0.717) is 23.0 Å². The molecular weight excluding hydrogens is 500 g/mol. The van der Waals surface area contributed by atoms with E-state index in [2.05, 4.69) is 37.4 Å². The van der Waals surface area contributed by atoms with Crippen molar-refractivity contribution in [2.75, 3.05) is 25.1 Å². The standard InChI is InChI=1S/C27H31ClN2O5S/c1-5-19-7-8-20(6-2)21(15-19)17-29-27(31)18-30(23-11-9-22(28)10-12-23)36(32,33)24-13-14-25(34-3)26(16-24)35-4/h7-16H,5-6,17-18H2,1-4H3,(H,29,31). The lowest BCUT2D eigenvalue weighted by Crippen LogP contribution is -2.40. The number of anilines is 1. The molecule has 1 N–H and O–H groups in total. The van der Waals surface area contributed by atoms with Gasteiger partial charge in [0.1, 0.15) is 6.54 Å². The lowest BCUT2D eigenvalue weighted by molar-refractivity contribution is -0.119. The number of hydrogen-bond acceptors (Lipinski definition) is 5. The first-order chi connectivity index (χ1) is 17.2. The molecule has 0 aliphatic heterocycles. The first-order valence-electron chi connectivity index (χ1n) is 11.6. The summed E-state index contributed by atoms with van der Waals surface area (Å²) in [7, 11) is -1.24. The van der Waals surface area contributed by atoms with Crippen LogP contribution in [0.3, 0.4) is 0 Å². The topological polar surface area (TPSA) is 84.9 Å². The molecule has 3 aromatic carbocycles. The molecule has 0 fully saturated rings. The van der Waals surface area contributed by atoms with E-state index in [1.165, 1.54) is 38.0 Å². The number of methoxy groups -OCH3 is 2. The normalized spacial score (nSPS) is 11.1. The van der Waals surface area contributed by atoms with E-state index in [1.54, 1.807) is 24.3 Å². The van der Waals surface area contributed by atoms with Crippen LogP contribution in [0, 0.1) is 0 Å². The summed E-state index contributed by atoms with van der Waals surface area (Å²) in [5.74, 6) is 0.230. The number of benzene rings is 3. The van der Waals surface area contributed by atoms with Crippen LogP contribution in [0.15, 0.2) is 65.6 Å². The van der Waals surface area contributed by atoms with Crippen LogP contribution in [0.2, 0.25) is 5.02 Å². The van der Waals surface area contributed by atoms with Gasteiger partial charge in [-0.25, -0.2) is 8.42 Å².